The van der Waals surface area contributed by atoms with Gasteiger partial charge in [-0.2, -0.15) is 0 Å². The van der Waals surface area contributed by atoms with Crippen LogP contribution in [0.1, 0.15) is 30.4 Å². The van der Waals surface area contributed by atoms with Gasteiger partial charge in [0.1, 0.15) is 23.6 Å². The molecule has 11 N–H and O–H groups in total. The summed E-state index contributed by atoms with van der Waals surface area (Å²) in [6.45, 7) is 1.02. The predicted octanol–water partition coefficient (Wildman–Crippen LogP) is -0.636. The van der Waals surface area contributed by atoms with Crippen molar-refractivity contribution in [1.82, 2.24) is 16.0 Å². The van der Waals surface area contributed by atoms with Crippen LogP contribution in [0.25, 0.3) is 11.1 Å². The number of rotatable bonds is 7. The van der Waals surface area contributed by atoms with Gasteiger partial charge in [0, 0.05) is 19.4 Å². The second-order valence-electron chi connectivity index (χ2n) is 9.19. The Morgan fingerprint density at radius 1 is 0.892 bits per heavy atom. The maximum Gasteiger partial charge on any atom is 0.243 e. The summed E-state index contributed by atoms with van der Waals surface area (Å²) in [5, 5.41) is 29.1. The number of fused-ring (bicyclic) bond motifs is 5. The average Bonchev–Trinajstić information content (AvgIpc) is 2.88. The minimum Gasteiger partial charge on any atom is -0.508 e. The highest BCUT2D eigenvalue weighted by Crippen LogP contribution is 2.30. The largest absolute Gasteiger partial charge is 0.508 e. The van der Waals surface area contributed by atoms with Gasteiger partial charge >= 0.3 is 0 Å². The molecule has 200 valence electrons. The van der Waals surface area contributed by atoms with Crippen molar-refractivity contribution in [3.63, 3.8) is 0 Å². The van der Waals surface area contributed by atoms with E-state index in [0.717, 1.165) is 11.1 Å². The Labute approximate surface area is 215 Å². The third-order valence-electron chi connectivity index (χ3n) is 6.34. The molecule has 2 aromatic rings. The Hall–Kier alpha value is -3.67. The number of aromatic hydroxyl groups is 2. The quantitative estimate of drug-likeness (QED) is 0.223. The van der Waals surface area contributed by atoms with Crippen molar-refractivity contribution in [3.05, 3.63) is 47.5 Å². The highest BCUT2D eigenvalue weighted by Gasteiger charge is 2.29. The van der Waals surface area contributed by atoms with Gasteiger partial charge in [0.05, 0.1) is 6.04 Å². The lowest BCUT2D eigenvalue weighted by atomic mass is 9.95. The Kier molecular flexibility index (Phi) is 9.84. The van der Waals surface area contributed by atoms with Gasteiger partial charge in [0.25, 0.3) is 0 Å². The number of benzene rings is 2. The maximum absolute atomic E-state index is 13.3. The van der Waals surface area contributed by atoms with Gasteiger partial charge in [-0.15, -0.1) is 0 Å². The lowest BCUT2D eigenvalue weighted by molar-refractivity contribution is -0.132. The molecule has 1 aliphatic heterocycles. The van der Waals surface area contributed by atoms with Crippen LogP contribution in [0.2, 0.25) is 0 Å². The highest BCUT2D eigenvalue weighted by molar-refractivity contribution is 5.93. The van der Waals surface area contributed by atoms with Crippen LogP contribution in [0.4, 0.5) is 0 Å². The van der Waals surface area contributed by atoms with E-state index in [9.17, 15) is 24.6 Å². The molecule has 0 spiro atoms. The van der Waals surface area contributed by atoms with Crippen LogP contribution in [-0.2, 0) is 27.2 Å². The van der Waals surface area contributed by atoms with E-state index in [-0.39, 0.29) is 30.8 Å². The van der Waals surface area contributed by atoms with Crippen LogP contribution < -0.4 is 33.2 Å². The summed E-state index contributed by atoms with van der Waals surface area (Å²) in [4.78, 5) is 39.2. The number of phenols is 2. The molecule has 37 heavy (non-hydrogen) atoms. The van der Waals surface area contributed by atoms with Crippen LogP contribution in [0, 0.1) is 0 Å². The zero-order valence-electron chi connectivity index (χ0n) is 20.7. The van der Waals surface area contributed by atoms with Gasteiger partial charge < -0.3 is 43.4 Å². The van der Waals surface area contributed by atoms with E-state index in [2.05, 4.69) is 16.0 Å². The SMILES string of the molecule is NCCCNC(=O)[C@H]1Cc2cc(ccc2O)-c2ccc(O)c(c2)C[C@H](N)C(=O)N[C@H](CCCN)C(=O)N1. The first kappa shape index (κ1) is 27.9. The smallest absolute Gasteiger partial charge is 0.243 e. The fourth-order valence-electron chi connectivity index (χ4n) is 4.19. The topological polar surface area (TPSA) is 206 Å². The Morgan fingerprint density at radius 2 is 1.49 bits per heavy atom. The normalized spacial score (nSPS) is 20.2. The molecule has 4 bridgehead atoms. The monoisotopic (exact) mass is 512 g/mol. The first-order chi connectivity index (χ1) is 17.7. The Morgan fingerprint density at radius 3 is 2.08 bits per heavy atom. The van der Waals surface area contributed by atoms with E-state index in [1.165, 1.54) is 12.1 Å². The maximum atomic E-state index is 13.3. The number of hydrogen-bond donors (Lipinski definition) is 8. The summed E-state index contributed by atoms with van der Waals surface area (Å²) in [6, 6.07) is 6.86. The van der Waals surface area contributed by atoms with Crippen molar-refractivity contribution in [1.29, 1.82) is 0 Å². The van der Waals surface area contributed by atoms with Crippen molar-refractivity contribution in [2.75, 3.05) is 19.6 Å². The predicted molar refractivity (Wildman–Crippen MR) is 139 cm³/mol. The van der Waals surface area contributed by atoms with Crippen LogP contribution in [0.5, 0.6) is 11.5 Å². The molecule has 0 unspecified atom stereocenters. The van der Waals surface area contributed by atoms with Crippen molar-refractivity contribution in [2.24, 2.45) is 17.2 Å². The van der Waals surface area contributed by atoms with Gasteiger partial charge in [-0.05, 0) is 78.9 Å². The molecule has 0 aromatic heterocycles. The summed E-state index contributed by atoms with van der Waals surface area (Å²) in [5.41, 5.74) is 19.7. The number of nitrogens with two attached hydrogens (primary N) is 3. The molecule has 11 heteroatoms. The van der Waals surface area contributed by atoms with Gasteiger partial charge in [0.15, 0.2) is 0 Å². The number of carbonyl (C=O) groups is 3. The fraction of sp³-hybridized carbons (Fsp3) is 0.423. The molecule has 1 heterocycles. The number of phenolic OH excluding ortho intramolecular Hbond substituents is 2. The third-order valence-corrected chi connectivity index (χ3v) is 6.34. The second-order valence-corrected chi connectivity index (χ2v) is 9.19. The lowest BCUT2D eigenvalue weighted by Crippen LogP contribution is -2.56. The number of carbonyl (C=O) groups excluding carboxylic acids is 3. The minimum absolute atomic E-state index is 0.00187. The van der Waals surface area contributed by atoms with Gasteiger partial charge in [-0.1, -0.05) is 12.1 Å². The zero-order valence-corrected chi connectivity index (χ0v) is 20.7. The molecule has 0 saturated carbocycles. The summed E-state index contributed by atoms with van der Waals surface area (Å²) in [5.74, 6) is -1.62. The van der Waals surface area contributed by atoms with E-state index in [4.69, 9.17) is 17.2 Å². The fourth-order valence-corrected chi connectivity index (χ4v) is 4.19. The molecule has 0 saturated heterocycles. The Bertz CT molecular complexity index is 1120. The molecule has 0 radical (unpaired) electrons. The molecular weight excluding hydrogens is 476 g/mol. The molecule has 3 atom stereocenters. The standard InChI is InChI=1S/C26H36N6O5/c27-8-1-3-20-26(37)32-21(25(36)30-10-2-9-28)14-18-12-16(5-7-23(18)34)15-4-6-22(33)17(11-15)13-19(29)24(35)31-20/h4-7,11-12,19-21,33-34H,1-3,8-10,13-14,27-29H2,(H,30,36)(H,31,35)(H,32,37)/t19-,20+,21+/m0/s1. The molecular formula is C26H36N6O5. The summed E-state index contributed by atoms with van der Waals surface area (Å²) >= 11 is 0. The van der Waals surface area contributed by atoms with E-state index >= 15 is 0 Å². The number of hydrogen-bond acceptors (Lipinski definition) is 8. The Balaban J connectivity index is 2.06. The number of nitrogens with one attached hydrogen (secondary N) is 3. The number of amides is 3. The van der Waals surface area contributed by atoms with Crippen LogP contribution in [0.15, 0.2) is 36.4 Å². The molecule has 1 aliphatic rings. The summed E-state index contributed by atoms with van der Waals surface area (Å²) < 4.78 is 0. The van der Waals surface area contributed by atoms with Gasteiger partial charge in [0.2, 0.25) is 17.7 Å². The van der Waals surface area contributed by atoms with Gasteiger partial charge in [-0.3, -0.25) is 14.4 Å². The first-order valence-electron chi connectivity index (χ1n) is 12.4. The van der Waals surface area contributed by atoms with E-state index in [0.29, 0.717) is 43.6 Å². The average molecular weight is 513 g/mol. The molecule has 3 rings (SSSR count). The second kappa shape index (κ2) is 13.0. The lowest BCUT2D eigenvalue weighted by Gasteiger charge is -2.24. The summed E-state index contributed by atoms with van der Waals surface area (Å²) in [6.07, 6.45) is 1.29. The third kappa shape index (κ3) is 7.42. The molecule has 0 aliphatic carbocycles. The van der Waals surface area contributed by atoms with Crippen molar-refractivity contribution < 1.29 is 24.6 Å². The van der Waals surface area contributed by atoms with E-state index < -0.39 is 35.8 Å². The van der Waals surface area contributed by atoms with E-state index in [1.807, 2.05) is 0 Å². The van der Waals surface area contributed by atoms with Gasteiger partial charge in [-0.25, -0.2) is 0 Å². The molecule has 3 amide bonds. The summed E-state index contributed by atoms with van der Waals surface area (Å²) in [7, 11) is 0. The minimum atomic E-state index is -1.04. The van der Waals surface area contributed by atoms with Crippen molar-refractivity contribution >= 4 is 17.7 Å². The van der Waals surface area contributed by atoms with E-state index in [1.54, 1.807) is 24.3 Å². The first-order valence-corrected chi connectivity index (χ1v) is 12.4. The van der Waals surface area contributed by atoms with Crippen LogP contribution >= 0.6 is 0 Å². The highest BCUT2D eigenvalue weighted by atomic mass is 16.3. The molecule has 11 nitrogen and oxygen atoms in total. The molecule has 2 aromatic carbocycles. The van der Waals surface area contributed by atoms with Crippen molar-refractivity contribution in [2.45, 2.75) is 50.2 Å². The zero-order chi connectivity index (χ0) is 26.9. The van der Waals surface area contributed by atoms with Crippen LogP contribution in [0.3, 0.4) is 0 Å². The van der Waals surface area contributed by atoms with Crippen molar-refractivity contribution in [3.8, 4) is 22.6 Å². The molecule has 0 fully saturated rings. The van der Waals surface area contributed by atoms with Crippen LogP contribution in [-0.4, -0.2) is 65.7 Å².